The van der Waals surface area contributed by atoms with Crippen molar-refractivity contribution in [3.8, 4) is 0 Å². The van der Waals surface area contributed by atoms with Gasteiger partial charge in [-0.15, -0.1) is 0 Å². The number of hydrogen-bond donors (Lipinski definition) is 1. The second-order valence-corrected chi connectivity index (χ2v) is 3.90. The van der Waals surface area contributed by atoms with E-state index in [1.807, 2.05) is 0 Å². The molecule has 1 rings (SSSR count). The largest absolute Gasteiger partial charge is 0.478 e. The smallest absolute Gasteiger partial charge is 0.348 e. The second kappa shape index (κ2) is 4.51. The number of carbonyl (C=O) groups excluding carboxylic acids is 2. The van der Waals surface area contributed by atoms with Crippen molar-refractivity contribution in [2.75, 3.05) is 13.1 Å². The highest BCUT2D eigenvalue weighted by Gasteiger charge is 2.45. The minimum Gasteiger partial charge on any atom is -0.478 e. The van der Waals surface area contributed by atoms with E-state index in [1.165, 1.54) is 13.8 Å². The van der Waals surface area contributed by atoms with Gasteiger partial charge in [0.2, 0.25) is 11.5 Å². The van der Waals surface area contributed by atoms with Gasteiger partial charge in [-0.2, -0.15) is 0 Å². The summed E-state index contributed by atoms with van der Waals surface area (Å²) in [5.41, 5.74) is -1.46. The van der Waals surface area contributed by atoms with E-state index in [0.717, 1.165) is 0 Å². The third-order valence-electron chi connectivity index (χ3n) is 2.75. The summed E-state index contributed by atoms with van der Waals surface area (Å²) in [6, 6.07) is 0. The van der Waals surface area contributed by atoms with Gasteiger partial charge in [-0.25, -0.2) is 4.79 Å². The Morgan fingerprint density at radius 3 is 2.00 bits per heavy atom. The van der Waals surface area contributed by atoms with Gasteiger partial charge < -0.3 is 14.7 Å². The lowest BCUT2D eigenvalue weighted by atomic mass is 9.91. The van der Waals surface area contributed by atoms with Crippen LogP contribution in [0.15, 0.2) is 0 Å². The van der Waals surface area contributed by atoms with Gasteiger partial charge in [-0.3, -0.25) is 9.59 Å². The number of rotatable bonds is 2. The van der Waals surface area contributed by atoms with Crippen molar-refractivity contribution < 1.29 is 24.2 Å². The lowest BCUT2D eigenvalue weighted by Gasteiger charge is -2.37. The van der Waals surface area contributed by atoms with Gasteiger partial charge in [0.15, 0.2) is 0 Å². The van der Waals surface area contributed by atoms with Crippen molar-refractivity contribution in [3.63, 3.8) is 0 Å². The van der Waals surface area contributed by atoms with E-state index in [-0.39, 0.29) is 18.7 Å². The molecule has 6 nitrogen and oxygen atoms in total. The van der Waals surface area contributed by atoms with Crippen LogP contribution < -0.4 is 0 Å². The lowest BCUT2D eigenvalue weighted by molar-refractivity contribution is -0.183. The summed E-state index contributed by atoms with van der Waals surface area (Å²) >= 11 is 0. The number of amides is 1. The number of ether oxygens (including phenoxy) is 1. The van der Waals surface area contributed by atoms with E-state index in [2.05, 4.69) is 0 Å². The van der Waals surface area contributed by atoms with Crippen LogP contribution in [0.5, 0.6) is 0 Å². The molecule has 1 amide bonds. The molecule has 1 N–H and O–H groups in total. The van der Waals surface area contributed by atoms with Gasteiger partial charge in [0, 0.05) is 39.8 Å². The molecular formula is C10H15NO5. The van der Waals surface area contributed by atoms with Crippen molar-refractivity contribution >= 4 is 17.8 Å². The van der Waals surface area contributed by atoms with Gasteiger partial charge >= 0.3 is 11.9 Å². The maximum Gasteiger partial charge on any atom is 0.348 e. The van der Waals surface area contributed by atoms with Gasteiger partial charge in [-0.05, 0) is 0 Å². The molecular weight excluding hydrogens is 214 g/mol. The summed E-state index contributed by atoms with van der Waals surface area (Å²) in [4.78, 5) is 34.6. The number of hydrogen-bond acceptors (Lipinski definition) is 4. The molecule has 0 radical (unpaired) electrons. The molecule has 1 saturated heterocycles. The summed E-state index contributed by atoms with van der Waals surface area (Å²) in [7, 11) is 0. The fourth-order valence-corrected chi connectivity index (χ4v) is 1.82. The number of aliphatic carboxylic acids is 1. The molecule has 0 aromatic rings. The van der Waals surface area contributed by atoms with Crippen LogP contribution in [0.4, 0.5) is 0 Å². The van der Waals surface area contributed by atoms with Crippen molar-refractivity contribution in [2.24, 2.45) is 0 Å². The summed E-state index contributed by atoms with van der Waals surface area (Å²) in [5, 5.41) is 9.08. The zero-order valence-corrected chi connectivity index (χ0v) is 9.36. The topological polar surface area (TPSA) is 83.9 Å². The number of carboxylic acid groups (broad SMARTS) is 1. The maximum absolute atomic E-state index is 11.1. The maximum atomic E-state index is 11.1. The molecule has 0 spiro atoms. The predicted octanol–water partition coefficient (Wildman–Crippen LogP) is 0.0152. The number of likely N-dealkylation sites (tertiary alicyclic amines) is 1. The third kappa shape index (κ3) is 2.50. The van der Waals surface area contributed by atoms with Crippen LogP contribution in [0.2, 0.25) is 0 Å². The minimum absolute atomic E-state index is 0.0955. The summed E-state index contributed by atoms with van der Waals surface area (Å²) in [5.74, 6) is -1.86. The molecule has 1 aliphatic heterocycles. The molecule has 1 heterocycles. The highest BCUT2D eigenvalue weighted by Crippen LogP contribution is 2.27. The van der Waals surface area contributed by atoms with Crippen LogP contribution in [-0.4, -0.2) is 46.5 Å². The van der Waals surface area contributed by atoms with Crippen LogP contribution in [-0.2, 0) is 19.1 Å². The Kier molecular flexibility index (Phi) is 3.51. The monoisotopic (exact) mass is 229 g/mol. The first-order chi connectivity index (χ1) is 7.37. The molecule has 0 aliphatic carbocycles. The van der Waals surface area contributed by atoms with Gasteiger partial charge in [0.1, 0.15) is 0 Å². The highest BCUT2D eigenvalue weighted by atomic mass is 16.6. The molecule has 0 aromatic carbocycles. The molecule has 6 heteroatoms. The molecule has 0 aromatic heterocycles. The van der Waals surface area contributed by atoms with Crippen LogP contribution in [0.3, 0.4) is 0 Å². The molecule has 16 heavy (non-hydrogen) atoms. The Morgan fingerprint density at radius 2 is 1.69 bits per heavy atom. The summed E-state index contributed by atoms with van der Waals surface area (Å²) < 4.78 is 4.89. The quantitative estimate of drug-likeness (QED) is 0.674. The fraction of sp³-hybridized carbons (Fsp3) is 0.700. The average Bonchev–Trinajstić information content (AvgIpc) is 2.17. The minimum atomic E-state index is -1.46. The number of carboxylic acids is 1. The first kappa shape index (κ1) is 12.5. The molecule has 1 fully saturated rings. The zero-order valence-electron chi connectivity index (χ0n) is 9.36. The van der Waals surface area contributed by atoms with Gasteiger partial charge in [-0.1, -0.05) is 0 Å². The van der Waals surface area contributed by atoms with Crippen molar-refractivity contribution in [3.05, 3.63) is 0 Å². The van der Waals surface area contributed by atoms with E-state index in [0.29, 0.717) is 13.1 Å². The SMILES string of the molecule is CC(=O)OC1(C(=O)O)CCN(C(C)=O)CC1. The summed E-state index contributed by atoms with van der Waals surface area (Å²) in [6.45, 7) is 3.21. The van der Waals surface area contributed by atoms with E-state index in [9.17, 15) is 14.4 Å². The Bertz CT molecular complexity index is 317. The van der Waals surface area contributed by atoms with Crippen molar-refractivity contribution in [2.45, 2.75) is 32.3 Å². The Morgan fingerprint density at radius 1 is 1.19 bits per heavy atom. The zero-order chi connectivity index (χ0) is 12.3. The standard InChI is InChI=1S/C10H15NO5/c1-7(12)11-5-3-10(4-6-11,9(14)15)16-8(2)13/h3-6H2,1-2H3,(H,14,15). The van der Waals surface area contributed by atoms with Crippen molar-refractivity contribution in [1.82, 2.24) is 4.90 Å². The van der Waals surface area contributed by atoms with Crippen LogP contribution in [0.25, 0.3) is 0 Å². The Hall–Kier alpha value is -1.59. The first-order valence-corrected chi connectivity index (χ1v) is 5.06. The Labute approximate surface area is 93.2 Å². The number of nitrogens with zero attached hydrogens (tertiary/aromatic N) is 1. The third-order valence-corrected chi connectivity index (χ3v) is 2.75. The van der Waals surface area contributed by atoms with E-state index >= 15 is 0 Å². The molecule has 0 bridgehead atoms. The molecule has 0 unspecified atom stereocenters. The fourth-order valence-electron chi connectivity index (χ4n) is 1.82. The predicted molar refractivity (Wildman–Crippen MR) is 53.6 cm³/mol. The Balaban J connectivity index is 2.73. The van der Waals surface area contributed by atoms with E-state index < -0.39 is 17.5 Å². The second-order valence-electron chi connectivity index (χ2n) is 3.90. The number of piperidine rings is 1. The van der Waals surface area contributed by atoms with Gasteiger partial charge in [0.05, 0.1) is 0 Å². The van der Waals surface area contributed by atoms with Crippen LogP contribution in [0.1, 0.15) is 26.7 Å². The molecule has 0 saturated carbocycles. The van der Waals surface area contributed by atoms with E-state index in [4.69, 9.17) is 9.84 Å². The molecule has 90 valence electrons. The van der Waals surface area contributed by atoms with E-state index in [1.54, 1.807) is 4.90 Å². The molecule has 0 atom stereocenters. The average molecular weight is 229 g/mol. The van der Waals surface area contributed by atoms with Gasteiger partial charge in [0.25, 0.3) is 0 Å². The van der Waals surface area contributed by atoms with Crippen LogP contribution >= 0.6 is 0 Å². The normalized spacial score (nSPS) is 19.0. The lowest BCUT2D eigenvalue weighted by Crippen LogP contribution is -2.52. The highest BCUT2D eigenvalue weighted by molar-refractivity contribution is 5.82. The van der Waals surface area contributed by atoms with Crippen LogP contribution in [0, 0.1) is 0 Å². The molecule has 1 aliphatic rings. The number of esters is 1. The number of carbonyl (C=O) groups is 3. The first-order valence-electron chi connectivity index (χ1n) is 5.06. The van der Waals surface area contributed by atoms with Crippen molar-refractivity contribution in [1.29, 1.82) is 0 Å². The summed E-state index contributed by atoms with van der Waals surface area (Å²) in [6.07, 6.45) is 0.281.